The Bertz CT molecular complexity index is 844. The van der Waals surface area contributed by atoms with Crippen LogP contribution in [0.1, 0.15) is 17.5 Å². The first kappa shape index (κ1) is 17.8. The maximum atomic E-state index is 13.0. The van der Waals surface area contributed by atoms with Crippen LogP contribution in [0.25, 0.3) is 0 Å². The van der Waals surface area contributed by atoms with E-state index < -0.39 is 17.3 Å². The van der Waals surface area contributed by atoms with Gasteiger partial charge in [0, 0.05) is 19.3 Å². The molecule has 8 heteroatoms. The summed E-state index contributed by atoms with van der Waals surface area (Å²) in [6, 6.07) is 11.5. The summed E-state index contributed by atoms with van der Waals surface area (Å²) in [5.74, 6) is 0.0627. The molecule has 4 rings (SSSR count). The normalized spacial score (nSPS) is 25.7. The summed E-state index contributed by atoms with van der Waals surface area (Å²) in [6.45, 7) is 0.718. The summed E-state index contributed by atoms with van der Waals surface area (Å²) in [7, 11) is 0. The van der Waals surface area contributed by atoms with E-state index in [1.807, 2.05) is 30.3 Å². The van der Waals surface area contributed by atoms with Gasteiger partial charge < -0.3 is 15.0 Å². The zero-order valence-electron chi connectivity index (χ0n) is 14.4. The number of rotatable bonds is 2. The molecule has 0 saturated carbocycles. The van der Waals surface area contributed by atoms with Crippen LogP contribution in [0.15, 0.2) is 48.7 Å². The smallest absolute Gasteiger partial charge is 0.364 e. The lowest BCUT2D eigenvalue weighted by Crippen LogP contribution is -2.66. The van der Waals surface area contributed by atoms with Crippen LogP contribution in [-0.4, -0.2) is 36.7 Å². The van der Waals surface area contributed by atoms with Gasteiger partial charge in [-0.05, 0) is 24.1 Å². The minimum Gasteiger partial charge on any atom is -0.364 e. The fraction of sp³-hybridized carbons (Fsp3) is 0.368. The predicted octanol–water partition coefficient (Wildman–Crippen LogP) is 2.72. The molecule has 2 fully saturated rings. The molecule has 0 radical (unpaired) electrons. The number of amides is 1. The maximum absolute atomic E-state index is 13.0. The van der Waals surface area contributed by atoms with Crippen molar-refractivity contribution in [1.29, 1.82) is 0 Å². The zero-order chi connectivity index (χ0) is 19.1. The molecule has 2 saturated heterocycles. The molecule has 2 aliphatic heterocycles. The van der Waals surface area contributed by atoms with Gasteiger partial charge in [-0.2, -0.15) is 13.2 Å². The van der Waals surface area contributed by atoms with Gasteiger partial charge in [0.1, 0.15) is 18.5 Å². The van der Waals surface area contributed by atoms with Gasteiger partial charge in [0.05, 0.1) is 11.1 Å². The van der Waals surface area contributed by atoms with Crippen LogP contribution in [0, 0.1) is 0 Å². The highest BCUT2D eigenvalue weighted by atomic mass is 19.4. The quantitative estimate of drug-likeness (QED) is 0.875. The Labute approximate surface area is 154 Å². The summed E-state index contributed by atoms with van der Waals surface area (Å²) in [5, 5.41) is 3.06. The van der Waals surface area contributed by atoms with Gasteiger partial charge in [0.15, 0.2) is 0 Å². The number of halogens is 3. The van der Waals surface area contributed by atoms with Crippen molar-refractivity contribution in [3.63, 3.8) is 0 Å². The number of carbonyl (C=O) groups is 1. The second kappa shape index (κ2) is 6.53. The van der Waals surface area contributed by atoms with E-state index in [9.17, 15) is 18.0 Å². The van der Waals surface area contributed by atoms with Gasteiger partial charge in [0.2, 0.25) is 5.91 Å². The van der Waals surface area contributed by atoms with Crippen LogP contribution in [0.2, 0.25) is 0 Å². The van der Waals surface area contributed by atoms with Crippen LogP contribution in [-0.2, 0) is 21.2 Å². The summed E-state index contributed by atoms with van der Waals surface area (Å²) in [6.07, 6.45) is -3.13. The molecule has 3 heterocycles. The van der Waals surface area contributed by atoms with E-state index in [1.54, 1.807) is 4.90 Å². The Balaban J connectivity index is 1.64. The monoisotopic (exact) mass is 377 g/mol. The molecule has 1 aromatic carbocycles. The first-order chi connectivity index (χ1) is 12.9. The molecule has 5 nitrogen and oxygen atoms in total. The van der Waals surface area contributed by atoms with Crippen molar-refractivity contribution in [1.82, 2.24) is 10.3 Å². The average molecular weight is 377 g/mol. The number of ether oxygens (including phenoxy) is 1. The third-order valence-electron chi connectivity index (χ3n) is 5.18. The number of aromatic nitrogens is 1. The van der Waals surface area contributed by atoms with Crippen LogP contribution in [0.5, 0.6) is 0 Å². The van der Waals surface area contributed by atoms with Crippen molar-refractivity contribution in [2.24, 2.45) is 0 Å². The number of alkyl halides is 3. The highest BCUT2D eigenvalue weighted by Crippen LogP contribution is 2.38. The summed E-state index contributed by atoms with van der Waals surface area (Å²) < 4.78 is 44.8. The molecule has 0 bridgehead atoms. The zero-order valence-corrected chi connectivity index (χ0v) is 14.4. The van der Waals surface area contributed by atoms with Crippen molar-refractivity contribution in [3.8, 4) is 0 Å². The van der Waals surface area contributed by atoms with Crippen molar-refractivity contribution in [2.75, 3.05) is 24.6 Å². The maximum Gasteiger partial charge on any atom is 0.416 e. The van der Waals surface area contributed by atoms with Crippen LogP contribution in [0.3, 0.4) is 0 Å². The second-order valence-electron chi connectivity index (χ2n) is 6.78. The first-order valence-corrected chi connectivity index (χ1v) is 8.65. The molecule has 1 N–H and O–H groups in total. The van der Waals surface area contributed by atoms with E-state index in [-0.39, 0.29) is 24.4 Å². The number of piperidine rings is 1. The Morgan fingerprint density at radius 1 is 1.22 bits per heavy atom. The van der Waals surface area contributed by atoms with Gasteiger partial charge in [-0.3, -0.25) is 4.79 Å². The number of benzene rings is 1. The predicted molar refractivity (Wildman–Crippen MR) is 92.1 cm³/mol. The molecular formula is C19H18F3N3O2. The Hall–Kier alpha value is -2.61. The molecule has 1 amide bonds. The van der Waals surface area contributed by atoms with Gasteiger partial charge in [-0.1, -0.05) is 30.3 Å². The molecule has 27 heavy (non-hydrogen) atoms. The van der Waals surface area contributed by atoms with Crippen LogP contribution in [0.4, 0.5) is 19.0 Å². The lowest BCUT2D eigenvalue weighted by molar-refractivity contribution is -0.146. The fourth-order valence-electron chi connectivity index (χ4n) is 3.83. The standard InChI is InChI=1S/C19H18F3N3O2/c20-19(21,22)14-6-8-23-16(10-14)25-9-7-18(13-4-2-1-3-5-13)15(11-25)27-12-17(26)24-18/h1-6,8,10,15H,7,9,11-12H2,(H,24,26)/t15-,18+/m1/s1. The van der Waals surface area contributed by atoms with E-state index in [2.05, 4.69) is 10.3 Å². The third-order valence-corrected chi connectivity index (χ3v) is 5.18. The highest BCUT2D eigenvalue weighted by Gasteiger charge is 2.49. The molecule has 2 atom stereocenters. The SMILES string of the molecule is O=C1CO[C@@H]2CN(c3cc(C(F)(F)F)ccn3)CC[C@@]2(c2ccccc2)N1. The van der Waals surface area contributed by atoms with E-state index in [4.69, 9.17) is 4.74 Å². The van der Waals surface area contributed by atoms with Crippen molar-refractivity contribution in [3.05, 3.63) is 59.8 Å². The number of pyridine rings is 1. The number of anilines is 1. The highest BCUT2D eigenvalue weighted by molar-refractivity contribution is 5.79. The van der Waals surface area contributed by atoms with E-state index in [0.717, 1.165) is 17.7 Å². The molecule has 0 aliphatic carbocycles. The third kappa shape index (κ3) is 3.25. The summed E-state index contributed by atoms with van der Waals surface area (Å²) in [4.78, 5) is 17.9. The molecular weight excluding hydrogens is 359 g/mol. The van der Waals surface area contributed by atoms with Gasteiger partial charge in [-0.25, -0.2) is 4.98 Å². The summed E-state index contributed by atoms with van der Waals surface area (Å²) >= 11 is 0. The number of nitrogens with one attached hydrogen (secondary N) is 1. The largest absolute Gasteiger partial charge is 0.416 e. The van der Waals surface area contributed by atoms with Crippen LogP contribution >= 0.6 is 0 Å². The average Bonchev–Trinajstić information content (AvgIpc) is 2.67. The van der Waals surface area contributed by atoms with Crippen molar-refractivity contribution >= 4 is 11.7 Å². The first-order valence-electron chi connectivity index (χ1n) is 8.65. The Morgan fingerprint density at radius 3 is 2.74 bits per heavy atom. The fourth-order valence-corrected chi connectivity index (χ4v) is 3.83. The lowest BCUT2D eigenvalue weighted by Gasteiger charge is -2.50. The number of carbonyl (C=O) groups excluding carboxylic acids is 1. The van der Waals surface area contributed by atoms with Crippen LogP contribution < -0.4 is 10.2 Å². The van der Waals surface area contributed by atoms with Gasteiger partial charge >= 0.3 is 6.18 Å². The lowest BCUT2D eigenvalue weighted by atomic mass is 9.77. The topological polar surface area (TPSA) is 54.5 Å². The number of nitrogens with zero attached hydrogens (tertiary/aromatic N) is 2. The van der Waals surface area contributed by atoms with Crippen molar-refractivity contribution in [2.45, 2.75) is 24.2 Å². The molecule has 0 spiro atoms. The molecule has 2 aliphatic rings. The molecule has 0 unspecified atom stereocenters. The summed E-state index contributed by atoms with van der Waals surface area (Å²) in [5.41, 5.74) is -0.487. The number of morpholine rings is 1. The second-order valence-corrected chi connectivity index (χ2v) is 6.78. The number of hydrogen-bond donors (Lipinski definition) is 1. The van der Waals surface area contributed by atoms with E-state index >= 15 is 0 Å². The minimum atomic E-state index is -4.42. The molecule has 2 aromatic rings. The van der Waals surface area contributed by atoms with E-state index in [1.165, 1.54) is 6.20 Å². The van der Waals surface area contributed by atoms with Gasteiger partial charge in [-0.15, -0.1) is 0 Å². The Morgan fingerprint density at radius 2 is 2.00 bits per heavy atom. The van der Waals surface area contributed by atoms with Crippen molar-refractivity contribution < 1.29 is 22.7 Å². The molecule has 1 aromatic heterocycles. The Kier molecular flexibility index (Phi) is 4.30. The number of fused-ring (bicyclic) bond motifs is 1. The molecule has 142 valence electrons. The minimum absolute atomic E-state index is 0.0664. The van der Waals surface area contributed by atoms with E-state index in [0.29, 0.717) is 19.5 Å². The number of hydrogen-bond acceptors (Lipinski definition) is 4. The van der Waals surface area contributed by atoms with Gasteiger partial charge in [0.25, 0.3) is 0 Å².